The van der Waals surface area contributed by atoms with Crippen LogP contribution in [0.2, 0.25) is 0 Å². The number of nitrogens with zero attached hydrogens (tertiary/aromatic N) is 2. The molecule has 0 aliphatic heterocycles. The zero-order valence-corrected chi connectivity index (χ0v) is 11.8. The molecular formula is C12H23N3S. The van der Waals surface area contributed by atoms with Gasteiger partial charge in [0, 0.05) is 18.0 Å². The minimum atomic E-state index is 0.515. The highest BCUT2D eigenvalue weighted by atomic mass is 32.1. The van der Waals surface area contributed by atoms with Gasteiger partial charge >= 0.3 is 0 Å². The molecule has 1 heterocycles. The summed E-state index contributed by atoms with van der Waals surface area (Å²) in [5, 5.41) is 4.61. The second-order valence-corrected chi connectivity index (χ2v) is 5.76. The van der Waals surface area contributed by atoms with Gasteiger partial charge in [-0.3, -0.25) is 0 Å². The first-order chi connectivity index (χ1) is 7.54. The van der Waals surface area contributed by atoms with E-state index in [0.29, 0.717) is 5.92 Å². The molecule has 92 valence electrons. The molecule has 0 unspecified atom stereocenters. The number of aromatic nitrogens is 1. The van der Waals surface area contributed by atoms with E-state index in [1.54, 1.807) is 0 Å². The molecule has 1 aromatic rings. The van der Waals surface area contributed by atoms with E-state index in [2.05, 4.69) is 45.1 Å². The van der Waals surface area contributed by atoms with Crippen LogP contribution >= 0.6 is 11.3 Å². The fourth-order valence-corrected chi connectivity index (χ4v) is 2.88. The first-order valence-corrected chi connectivity index (χ1v) is 6.70. The van der Waals surface area contributed by atoms with E-state index in [4.69, 9.17) is 4.98 Å². The first-order valence-electron chi connectivity index (χ1n) is 5.88. The Morgan fingerprint density at radius 2 is 2.06 bits per heavy atom. The van der Waals surface area contributed by atoms with Crippen LogP contribution in [0, 0.1) is 0 Å². The highest BCUT2D eigenvalue weighted by Crippen LogP contribution is 2.25. The van der Waals surface area contributed by atoms with E-state index in [9.17, 15) is 0 Å². The van der Waals surface area contributed by atoms with Crippen molar-refractivity contribution >= 4 is 11.3 Å². The third-order valence-electron chi connectivity index (χ3n) is 2.31. The van der Waals surface area contributed by atoms with E-state index < -0.39 is 0 Å². The zero-order valence-electron chi connectivity index (χ0n) is 11.0. The summed E-state index contributed by atoms with van der Waals surface area (Å²) < 4.78 is 0. The van der Waals surface area contributed by atoms with E-state index in [0.717, 1.165) is 19.6 Å². The van der Waals surface area contributed by atoms with E-state index in [-0.39, 0.29) is 0 Å². The maximum absolute atomic E-state index is 4.74. The van der Waals surface area contributed by atoms with Crippen molar-refractivity contribution in [2.24, 2.45) is 0 Å². The SMILES string of the molecule is CCNCc1sc(CN(C)C)nc1C(C)C. The minimum absolute atomic E-state index is 0.515. The van der Waals surface area contributed by atoms with Crippen LogP contribution < -0.4 is 5.32 Å². The van der Waals surface area contributed by atoms with Gasteiger partial charge in [-0.2, -0.15) is 0 Å². The van der Waals surface area contributed by atoms with Gasteiger partial charge in [-0.25, -0.2) is 4.98 Å². The quantitative estimate of drug-likeness (QED) is 0.829. The van der Waals surface area contributed by atoms with Crippen LogP contribution in [-0.2, 0) is 13.1 Å². The van der Waals surface area contributed by atoms with Crippen molar-refractivity contribution in [3.8, 4) is 0 Å². The Morgan fingerprint density at radius 3 is 2.56 bits per heavy atom. The summed E-state index contributed by atoms with van der Waals surface area (Å²) >= 11 is 1.84. The molecule has 0 aromatic carbocycles. The monoisotopic (exact) mass is 241 g/mol. The summed E-state index contributed by atoms with van der Waals surface area (Å²) in [6, 6.07) is 0. The van der Waals surface area contributed by atoms with Crippen LogP contribution in [0.25, 0.3) is 0 Å². The first kappa shape index (κ1) is 13.6. The summed E-state index contributed by atoms with van der Waals surface area (Å²) in [7, 11) is 4.17. The summed E-state index contributed by atoms with van der Waals surface area (Å²) in [4.78, 5) is 8.30. The summed E-state index contributed by atoms with van der Waals surface area (Å²) in [5.74, 6) is 0.515. The Balaban J connectivity index is 2.82. The molecule has 1 rings (SSSR count). The van der Waals surface area contributed by atoms with Gasteiger partial charge in [-0.1, -0.05) is 20.8 Å². The molecule has 0 aliphatic carbocycles. The molecule has 0 fully saturated rings. The van der Waals surface area contributed by atoms with E-state index >= 15 is 0 Å². The number of rotatable bonds is 6. The van der Waals surface area contributed by atoms with Gasteiger partial charge in [0.05, 0.1) is 5.69 Å². The molecule has 0 saturated carbocycles. The van der Waals surface area contributed by atoms with Crippen molar-refractivity contribution < 1.29 is 0 Å². The lowest BCUT2D eigenvalue weighted by molar-refractivity contribution is 0.401. The standard InChI is InChI=1S/C12H23N3S/c1-6-13-7-10-12(9(2)3)14-11(16-10)8-15(4)5/h9,13H,6-8H2,1-5H3. The molecule has 4 heteroatoms. The van der Waals surface area contributed by atoms with Crippen molar-refractivity contribution in [2.45, 2.75) is 39.8 Å². The Hall–Kier alpha value is -0.450. The number of hydrogen-bond acceptors (Lipinski definition) is 4. The van der Waals surface area contributed by atoms with Crippen LogP contribution in [0.4, 0.5) is 0 Å². The van der Waals surface area contributed by atoms with E-state index in [1.165, 1.54) is 15.6 Å². The van der Waals surface area contributed by atoms with Gasteiger partial charge < -0.3 is 10.2 Å². The van der Waals surface area contributed by atoms with Crippen molar-refractivity contribution in [1.29, 1.82) is 0 Å². The van der Waals surface area contributed by atoms with Crippen LogP contribution in [0.15, 0.2) is 0 Å². The zero-order chi connectivity index (χ0) is 12.1. The van der Waals surface area contributed by atoms with Crippen molar-refractivity contribution in [1.82, 2.24) is 15.2 Å². The maximum Gasteiger partial charge on any atom is 0.107 e. The molecule has 0 spiro atoms. The molecule has 1 aromatic heterocycles. The summed E-state index contributed by atoms with van der Waals surface area (Å²) in [6.45, 7) is 9.47. The lowest BCUT2D eigenvalue weighted by atomic mass is 10.1. The van der Waals surface area contributed by atoms with Gasteiger partial charge in [0.2, 0.25) is 0 Å². The van der Waals surface area contributed by atoms with Gasteiger partial charge in [-0.05, 0) is 26.6 Å². The van der Waals surface area contributed by atoms with Gasteiger partial charge in [0.15, 0.2) is 0 Å². The van der Waals surface area contributed by atoms with Crippen LogP contribution in [0.5, 0.6) is 0 Å². The fraction of sp³-hybridized carbons (Fsp3) is 0.750. The maximum atomic E-state index is 4.74. The minimum Gasteiger partial charge on any atom is -0.312 e. The Kier molecular flexibility index (Phi) is 5.38. The third kappa shape index (κ3) is 3.85. The number of hydrogen-bond donors (Lipinski definition) is 1. The Labute approximate surface area is 103 Å². The molecule has 0 saturated heterocycles. The highest BCUT2D eigenvalue weighted by Gasteiger charge is 2.13. The largest absolute Gasteiger partial charge is 0.312 e. The average molecular weight is 241 g/mol. The molecule has 3 nitrogen and oxygen atoms in total. The molecular weight excluding hydrogens is 218 g/mol. The van der Waals surface area contributed by atoms with Crippen LogP contribution in [0.1, 0.15) is 42.3 Å². The smallest absolute Gasteiger partial charge is 0.107 e. The average Bonchev–Trinajstić information content (AvgIpc) is 2.57. The predicted octanol–water partition coefficient (Wildman–Crippen LogP) is 2.44. The second kappa shape index (κ2) is 6.33. The molecule has 0 radical (unpaired) electrons. The molecule has 0 bridgehead atoms. The second-order valence-electron chi connectivity index (χ2n) is 4.59. The molecule has 1 N–H and O–H groups in total. The molecule has 0 aliphatic rings. The van der Waals surface area contributed by atoms with Crippen LogP contribution in [0.3, 0.4) is 0 Å². The normalized spacial score (nSPS) is 11.7. The van der Waals surface area contributed by atoms with Gasteiger partial charge in [-0.15, -0.1) is 11.3 Å². The van der Waals surface area contributed by atoms with Gasteiger partial charge in [0.1, 0.15) is 5.01 Å². The molecule has 0 atom stereocenters. The van der Waals surface area contributed by atoms with Crippen molar-refractivity contribution in [3.05, 3.63) is 15.6 Å². The molecule has 0 amide bonds. The Bertz CT molecular complexity index is 318. The summed E-state index contributed by atoms with van der Waals surface area (Å²) in [6.07, 6.45) is 0. The van der Waals surface area contributed by atoms with Crippen molar-refractivity contribution in [2.75, 3.05) is 20.6 Å². The number of nitrogens with one attached hydrogen (secondary N) is 1. The lowest BCUT2D eigenvalue weighted by Gasteiger charge is -2.05. The molecule has 16 heavy (non-hydrogen) atoms. The third-order valence-corrected chi connectivity index (χ3v) is 3.36. The fourth-order valence-electron chi connectivity index (χ4n) is 1.57. The Morgan fingerprint density at radius 1 is 1.38 bits per heavy atom. The number of thiazole rings is 1. The van der Waals surface area contributed by atoms with E-state index in [1.807, 2.05) is 11.3 Å². The predicted molar refractivity (Wildman–Crippen MR) is 71.0 cm³/mol. The highest BCUT2D eigenvalue weighted by molar-refractivity contribution is 7.11. The summed E-state index contributed by atoms with van der Waals surface area (Å²) in [5.41, 5.74) is 1.27. The topological polar surface area (TPSA) is 28.2 Å². The lowest BCUT2D eigenvalue weighted by Crippen LogP contribution is -2.12. The van der Waals surface area contributed by atoms with Gasteiger partial charge in [0.25, 0.3) is 0 Å². The van der Waals surface area contributed by atoms with Crippen molar-refractivity contribution in [3.63, 3.8) is 0 Å². The van der Waals surface area contributed by atoms with Crippen LogP contribution in [-0.4, -0.2) is 30.5 Å².